The Morgan fingerprint density at radius 3 is 3.06 bits per heavy atom. The van der Waals surface area contributed by atoms with Gasteiger partial charge in [0.2, 0.25) is 0 Å². The van der Waals surface area contributed by atoms with E-state index in [1.165, 1.54) is 23.5 Å². The summed E-state index contributed by atoms with van der Waals surface area (Å²) in [6.45, 7) is 3.93. The zero-order valence-corrected chi connectivity index (χ0v) is 10.4. The summed E-state index contributed by atoms with van der Waals surface area (Å²) < 4.78 is 5.53. The Hall–Kier alpha value is -0.450. The Balaban J connectivity index is 1.53. The highest BCUT2D eigenvalue weighted by atomic mass is 32.1. The molecular weight excluding hydrogens is 220 g/mol. The fraction of sp³-hybridized carbons (Fsp3) is 0.750. The molecule has 3 nitrogen and oxygen atoms in total. The van der Waals surface area contributed by atoms with E-state index in [0.29, 0.717) is 12.1 Å². The fourth-order valence-electron chi connectivity index (χ4n) is 2.19. The van der Waals surface area contributed by atoms with Gasteiger partial charge in [-0.05, 0) is 26.2 Å². The Kier molecular flexibility index (Phi) is 2.96. The van der Waals surface area contributed by atoms with Crippen LogP contribution in [0.5, 0.6) is 0 Å². The number of hydrogen-bond acceptors (Lipinski definition) is 4. The van der Waals surface area contributed by atoms with Gasteiger partial charge >= 0.3 is 0 Å². The molecule has 1 saturated carbocycles. The summed E-state index contributed by atoms with van der Waals surface area (Å²) in [6.07, 6.45) is 4.15. The third kappa shape index (κ3) is 2.29. The molecule has 1 saturated heterocycles. The van der Waals surface area contributed by atoms with Crippen molar-refractivity contribution in [1.29, 1.82) is 0 Å². The Morgan fingerprint density at radius 1 is 1.50 bits per heavy atom. The predicted octanol–water partition coefficient (Wildman–Crippen LogP) is 2.29. The second-order valence-electron chi connectivity index (χ2n) is 4.79. The van der Waals surface area contributed by atoms with Gasteiger partial charge in [0.05, 0.1) is 11.8 Å². The van der Waals surface area contributed by atoms with E-state index in [2.05, 4.69) is 22.6 Å². The van der Waals surface area contributed by atoms with Crippen LogP contribution in [-0.2, 0) is 11.3 Å². The van der Waals surface area contributed by atoms with Crippen molar-refractivity contribution in [2.75, 3.05) is 6.61 Å². The highest BCUT2D eigenvalue weighted by molar-refractivity contribution is 7.09. The van der Waals surface area contributed by atoms with Crippen LogP contribution in [0.1, 0.15) is 42.8 Å². The SMILES string of the molecule is CC1OCCC1NCc1nc(C2CC2)cs1. The van der Waals surface area contributed by atoms with Gasteiger partial charge in [-0.25, -0.2) is 4.98 Å². The zero-order valence-electron chi connectivity index (χ0n) is 9.61. The Labute approximate surface area is 100 Å². The molecular formula is C12H18N2OS. The van der Waals surface area contributed by atoms with Crippen molar-refractivity contribution in [1.82, 2.24) is 10.3 Å². The highest BCUT2D eigenvalue weighted by Crippen LogP contribution is 2.40. The largest absolute Gasteiger partial charge is 0.377 e. The van der Waals surface area contributed by atoms with Gasteiger partial charge in [0.15, 0.2) is 0 Å². The summed E-state index contributed by atoms with van der Waals surface area (Å²) in [5.41, 5.74) is 1.32. The summed E-state index contributed by atoms with van der Waals surface area (Å²) in [5, 5.41) is 6.99. The smallest absolute Gasteiger partial charge is 0.107 e. The molecule has 2 fully saturated rings. The van der Waals surface area contributed by atoms with Crippen LogP contribution in [0.15, 0.2) is 5.38 Å². The first-order valence-electron chi connectivity index (χ1n) is 6.12. The van der Waals surface area contributed by atoms with Gasteiger partial charge in [-0.2, -0.15) is 0 Å². The first-order chi connectivity index (χ1) is 7.83. The molecule has 1 aromatic heterocycles. The maximum absolute atomic E-state index is 5.53. The monoisotopic (exact) mass is 238 g/mol. The van der Waals surface area contributed by atoms with Crippen LogP contribution in [0.3, 0.4) is 0 Å². The van der Waals surface area contributed by atoms with Crippen molar-refractivity contribution in [2.24, 2.45) is 0 Å². The number of ether oxygens (including phenoxy) is 1. The molecule has 4 heteroatoms. The van der Waals surface area contributed by atoms with E-state index >= 15 is 0 Å². The van der Waals surface area contributed by atoms with Crippen LogP contribution in [0, 0.1) is 0 Å². The molecule has 1 N–H and O–H groups in total. The summed E-state index contributed by atoms with van der Waals surface area (Å²) in [4.78, 5) is 4.67. The van der Waals surface area contributed by atoms with Crippen molar-refractivity contribution < 1.29 is 4.74 Å². The molecule has 0 radical (unpaired) electrons. The summed E-state index contributed by atoms with van der Waals surface area (Å²) in [6, 6.07) is 0.508. The lowest BCUT2D eigenvalue weighted by Gasteiger charge is -2.14. The lowest BCUT2D eigenvalue weighted by Crippen LogP contribution is -2.34. The third-order valence-electron chi connectivity index (χ3n) is 3.46. The average Bonchev–Trinajstić information content (AvgIpc) is 2.89. The van der Waals surface area contributed by atoms with Gasteiger partial charge in [0, 0.05) is 30.5 Å². The molecule has 0 bridgehead atoms. The van der Waals surface area contributed by atoms with Crippen molar-refractivity contribution >= 4 is 11.3 Å². The van der Waals surface area contributed by atoms with E-state index in [9.17, 15) is 0 Å². The van der Waals surface area contributed by atoms with Crippen molar-refractivity contribution in [3.8, 4) is 0 Å². The Morgan fingerprint density at radius 2 is 2.38 bits per heavy atom. The molecule has 1 aliphatic heterocycles. The normalized spacial score (nSPS) is 29.8. The second-order valence-corrected chi connectivity index (χ2v) is 5.74. The maximum Gasteiger partial charge on any atom is 0.107 e. The molecule has 16 heavy (non-hydrogen) atoms. The lowest BCUT2D eigenvalue weighted by atomic mass is 10.1. The highest BCUT2D eigenvalue weighted by Gasteiger charge is 2.27. The van der Waals surface area contributed by atoms with Gasteiger partial charge in [0.25, 0.3) is 0 Å². The van der Waals surface area contributed by atoms with Crippen LogP contribution in [0.4, 0.5) is 0 Å². The number of rotatable bonds is 4. The summed E-state index contributed by atoms with van der Waals surface area (Å²) in [5.74, 6) is 0.777. The van der Waals surface area contributed by atoms with E-state index < -0.39 is 0 Å². The maximum atomic E-state index is 5.53. The first-order valence-corrected chi connectivity index (χ1v) is 7.00. The van der Waals surface area contributed by atoms with E-state index in [-0.39, 0.29) is 0 Å². The van der Waals surface area contributed by atoms with Crippen molar-refractivity contribution in [3.63, 3.8) is 0 Å². The minimum absolute atomic E-state index is 0.350. The molecule has 0 amide bonds. The fourth-order valence-corrected chi connectivity index (χ4v) is 3.02. The van der Waals surface area contributed by atoms with Crippen LogP contribution < -0.4 is 5.32 Å². The van der Waals surface area contributed by atoms with E-state index in [1.54, 1.807) is 11.3 Å². The molecule has 88 valence electrons. The molecule has 3 rings (SSSR count). The van der Waals surface area contributed by atoms with Gasteiger partial charge in [-0.15, -0.1) is 11.3 Å². The first kappa shape index (κ1) is 10.7. The molecule has 0 spiro atoms. The van der Waals surface area contributed by atoms with Crippen LogP contribution >= 0.6 is 11.3 Å². The van der Waals surface area contributed by atoms with Crippen LogP contribution in [0.2, 0.25) is 0 Å². The standard InChI is InChI=1S/C12H18N2OS/c1-8-10(4-5-15-8)13-6-12-14-11(7-16-12)9-2-3-9/h7-10,13H,2-6H2,1H3. The Bertz CT molecular complexity index is 362. The number of hydrogen-bond donors (Lipinski definition) is 1. The van der Waals surface area contributed by atoms with Crippen LogP contribution in [0.25, 0.3) is 0 Å². The zero-order chi connectivity index (χ0) is 11.0. The van der Waals surface area contributed by atoms with E-state index in [4.69, 9.17) is 4.74 Å². The number of nitrogens with zero attached hydrogens (tertiary/aromatic N) is 1. The third-order valence-corrected chi connectivity index (χ3v) is 4.32. The predicted molar refractivity (Wildman–Crippen MR) is 64.7 cm³/mol. The van der Waals surface area contributed by atoms with Gasteiger partial charge in [-0.1, -0.05) is 0 Å². The molecule has 2 heterocycles. The van der Waals surface area contributed by atoms with Gasteiger partial charge in [-0.3, -0.25) is 0 Å². The quantitative estimate of drug-likeness (QED) is 0.874. The minimum atomic E-state index is 0.350. The summed E-state index contributed by atoms with van der Waals surface area (Å²) >= 11 is 1.79. The molecule has 1 aromatic rings. The molecule has 2 atom stereocenters. The molecule has 2 aliphatic rings. The molecule has 0 aromatic carbocycles. The number of thiazole rings is 1. The van der Waals surface area contributed by atoms with Crippen LogP contribution in [-0.4, -0.2) is 23.7 Å². The van der Waals surface area contributed by atoms with Gasteiger partial charge in [0.1, 0.15) is 5.01 Å². The lowest BCUT2D eigenvalue weighted by molar-refractivity contribution is 0.113. The molecule has 1 aliphatic carbocycles. The second kappa shape index (κ2) is 4.43. The summed E-state index contributed by atoms with van der Waals surface area (Å²) in [7, 11) is 0. The number of nitrogens with one attached hydrogen (secondary N) is 1. The van der Waals surface area contributed by atoms with Gasteiger partial charge < -0.3 is 10.1 Å². The van der Waals surface area contributed by atoms with Crippen molar-refractivity contribution in [3.05, 3.63) is 16.1 Å². The minimum Gasteiger partial charge on any atom is -0.377 e. The van der Waals surface area contributed by atoms with Crippen molar-refractivity contribution in [2.45, 2.75) is 50.8 Å². The topological polar surface area (TPSA) is 34.1 Å². The average molecular weight is 238 g/mol. The molecule has 2 unspecified atom stereocenters. The number of aromatic nitrogens is 1. The van der Waals surface area contributed by atoms with E-state index in [0.717, 1.165) is 25.5 Å². The van der Waals surface area contributed by atoms with E-state index in [1.807, 2.05) is 0 Å².